The summed E-state index contributed by atoms with van der Waals surface area (Å²) in [6.45, 7) is 3.37. The highest BCUT2D eigenvalue weighted by molar-refractivity contribution is 7.65. The number of likely N-dealkylation sites (tertiary alicyclic amines) is 1. The minimum Gasteiger partial charge on any atom is -0.457 e. The van der Waals surface area contributed by atoms with E-state index in [1.807, 2.05) is 0 Å². The second-order valence-corrected chi connectivity index (χ2v) is 14.3. The van der Waals surface area contributed by atoms with Gasteiger partial charge in [0.15, 0.2) is 0 Å². The smallest absolute Gasteiger partial charge is 0.251 e. The van der Waals surface area contributed by atoms with Crippen molar-refractivity contribution in [3.63, 3.8) is 0 Å². The lowest BCUT2D eigenvalue weighted by Gasteiger charge is -2.27. The minimum absolute atomic E-state index is 0.0309. The van der Waals surface area contributed by atoms with Crippen LogP contribution < -0.4 is 26.4 Å². The van der Waals surface area contributed by atoms with Crippen molar-refractivity contribution in [1.29, 1.82) is 5.41 Å². The molecule has 220 valence electrons. The Balaban J connectivity index is 1.14. The Morgan fingerprint density at radius 2 is 1.74 bits per heavy atom. The van der Waals surface area contributed by atoms with E-state index in [1.54, 1.807) is 52.7 Å². The number of amides is 3. The van der Waals surface area contributed by atoms with Crippen molar-refractivity contribution in [2.24, 2.45) is 11.1 Å². The number of carbonyl (C=O) groups excluding carboxylic acids is 3. The predicted molar refractivity (Wildman–Crippen MR) is 160 cm³/mol. The number of carbonyl (C=O) groups is 3. The molecule has 6 N–H and O–H groups in total. The number of nitrogen functional groups attached to an aromatic ring is 1. The molecule has 0 radical (unpaired) electrons. The molecule has 42 heavy (non-hydrogen) atoms. The normalized spacial score (nSPS) is 22.0. The molecule has 1 unspecified atom stereocenters. The lowest BCUT2D eigenvalue weighted by molar-refractivity contribution is -0.139. The molecule has 2 fully saturated rings. The topological polar surface area (TPSA) is 175 Å². The Kier molecular flexibility index (Phi) is 7.98. The van der Waals surface area contributed by atoms with Crippen LogP contribution in [0.15, 0.2) is 60.0 Å². The molecule has 3 aromatic rings. The molecule has 0 spiro atoms. The molecule has 4 atom stereocenters. The predicted octanol–water partition coefficient (Wildman–Crippen LogP) is 2.78. The average Bonchev–Trinajstić information content (AvgIpc) is 3.26. The summed E-state index contributed by atoms with van der Waals surface area (Å²) in [5.41, 5.74) is 6.36. The highest BCUT2D eigenvalue weighted by atomic mass is 32.1. The van der Waals surface area contributed by atoms with E-state index in [4.69, 9.17) is 15.9 Å². The van der Waals surface area contributed by atoms with Gasteiger partial charge in [-0.15, -0.1) is 11.3 Å². The van der Waals surface area contributed by atoms with Gasteiger partial charge in [-0.3, -0.25) is 24.4 Å². The highest BCUT2D eigenvalue weighted by Crippen LogP contribution is 2.59. The third kappa shape index (κ3) is 6.41. The number of ether oxygens (including phenoxy) is 1. The van der Waals surface area contributed by atoms with E-state index in [0.717, 1.165) is 11.3 Å². The van der Waals surface area contributed by atoms with Crippen LogP contribution in [0.1, 0.15) is 40.6 Å². The van der Waals surface area contributed by atoms with Gasteiger partial charge in [0.2, 0.25) is 19.2 Å². The molecule has 1 saturated carbocycles. The number of amidine groups is 1. The molecule has 1 aliphatic carbocycles. The van der Waals surface area contributed by atoms with Crippen LogP contribution in [0, 0.1) is 10.8 Å². The molecule has 1 aliphatic heterocycles. The fourth-order valence-corrected chi connectivity index (χ4v) is 6.74. The summed E-state index contributed by atoms with van der Waals surface area (Å²) >= 11 is 1.40. The number of thiophene rings is 1. The maximum absolute atomic E-state index is 13.2. The summed E-state index contributed by atoms with van der Waals surface area (Å²) in [6, 6.07) is 13.7. The summed E-state index contributed by atoms with van der Waals surface area (Å²) < 4.78 is 17.5. The van der Waals surface area contributed by atoms with E-state index in [2.05, 4.69) is 17.6 Å². The van der Waals surface area contributed by atoms with Gasteiger partial charge in [-0.25, -0.2) is 0 Å². The molecular weight excluding hydrogens is 577 g/mol. The van der Waals surface area contributed by atoms with E-state index in [0.29, 0.717) is 34.4 Å². The molecular formula is C29H32N5O6PS. The second kappa shape index (κ2) is 11.4. The van der Waals surface area contributed by atoms with Crippen LogP contribution in [0.2, 0.25) is 0 Å². The van der Waals surface area contributed by atoms with Crippen LogP contribution >= 0.6 is 18.7 Å². The van der Waals surface area contributed by atoms with Crippen molar-refractivity contribution >= 4 is 47.6 Å². The largest absolute Gasteiger partial charge is 0.457 e. The van der Waals surface area contributed by atoms with Crippen molar-refractivity contribution in [2.45, 2.75) is 38.4 Å². The number of hydrogen-bond donors (Lipinski definition) is 5. The molecule has 0 bridgehead atoms. The molecule has 3 amide bonds. The lowest BCUT2D eigenvalue weighted by Crippen LogP contribution is -2.50. The van der Waals surface area contributed by atoms with Gasteiger partial charge in [0.25, 0.3) is 5.91 Å². The molecule has 2 aliphatic rings. The Morgan fingerprint density at radius 3 is 2.33 bits per heavy atom. The second-order valence-electron chi connectivity index (χ2n) is 11.0. The van der Waals surface area contributed by atoms with Gasteiger partial charge in [-0.2, -0.15) is 0 Å². The van der Waals surface area contributed by atoms with Crippen LogP contribution in [0.5, 0.6) is 11.5 Å². The van der Waals surface area contributed by atoms with E-state index in [-0.39, 0.29) is 42.2 Å². The Labute approximate surface area is 247 Å². The Morgan fingerprint density at radius 1 is 1.10 bits per heavy atom. The number of benzene rings is 2. The zero-order valence-electron chi connectivity index (χ0n) is 23.1. The van der Waals surface area contributed by atoms with Crippen molar-refractivity contribution in [3.05, 3.63) is 76.0 Å². The van der Waals surface area contributed by atoms with E-state index < -0.39 is 19.3 Å². The summed E-state index contributed by atoms with van der Waals surface area (Å²) in [5.74, 6) is -0.0744. The first-order chi connectivity index (χ1) is 19.8. The van der Waals surface area contributed by atoms with Crippen molar-refractivity contribution in [3.8, 4) is 11.5 Å². The summed E-state index contributed by atoms with van der Waals surface area (Å²) in [5, 5.41) is 15.2. The van der Waals surface area contributed by atoms with Gasteiger partial charge >= 0.3 is 0 Å². The SMILES string of the molecule is C[C@@]12C[C@@H]1N(C(=O)CNC(=O)c1ccc(Oc3ccc(P(C)(=O)O)cc3)cc1)[C@H](C(=O)NCc1cc(C(=N)N)cs1)C2. The van der Waals surface area contributed by atoms with E-state index in [1.165, 1.54) is 30.1 Å². The summed E-state index contributed by atoms with van der Waals surface area (Å²) in [4.78, 5) is 51.2. The monoisotopic (exact) mass is 609 g/mol. The molecule has 11 nitrogen and oxygen atoms in total. The third-order valence-electron chi connectivity index (χ3n) is 7.70. The number of fused-ring (bicyclic) bond motifs is 1. The Bertz CT molecular complexity index is 1580. The fourth-order valence-electron chi connectivity index (χ4n) is 5.22. The average molecular weight is 610 g/mol. The van der Waals surface area contributed by atoms with Gasteiger partial charge < -0.3 is 30.9 Å². The molecule has 2 aromatic carbocycles. The Hall–Kier alpha value is -3.99. The molecule has 13 heteroatoms. The van der Waals surface area contributed by atoms with Gasteiger partial charge in [-0.1, -0.05) is 6.92 Å². The number of nitrogens with one attached hydrogen (secondary N) is 3. The zero-order valence-corrected chi connectivity index (χ0v) is 24.8. The first kappa shape index (κ1) is 29.5. The lowest BCUT2D eigenvalue weighted by atomic mass is 10.0. The standard InChI is InChI=1S/C29H32N5O6PS/c1-29-12-23(28(37)32-14-22-11-18(16-42-22)26(30)31)34(24(29)13-29)25(35)15-33-27(36)17-3-5-19(6-4-17)40-20-7-9-21(10-8-20)41(2,38)39/h3-11,16,23-24H,12-15H2,1-2H3,(H3,30,31)(H,32,37)(H,33,36)(H,38,39)/t23-,24-,29+/m0/s1. The number of nitrogens with zero attached hydrogens (tertiary/aromatic N) is 1. The number of rotatable bonds is 10. The summed E-state index contributed by atoms with van der Waals surface area (Å²) in [7, 11) is -3.35. The van der Waals surface area contributed by atoms with Crippen LogP contribution in [-0.4, -0.2) is 58.6 Å². The fraction of sp³-hybridized carbons (Fsp3) is 0.310. The quantitative estimate of drug-likeness (QED) is 0.133. The first-order valence-electron chi connectivity index (χ1n) is 13.3. The van der Waals surface area contributed by atoms with E-state index >= 15 is 0 Å². The third-order valence-corrected chi connectivity index (χ3v) is 9.89. The van der Waals surface area contributed by atoms with Gasteiger partial charge in [0.1, 0.15) is 23.4 Å². The van der Waals surface area contributed by atoms with Crippen LogP contribution in [-0.2, 0) is 20.7 Å². The maximum Gasteiger partial charge on any atom is 0.251 e. The van der Waals surface area contributed by atoms with Gasteiger partial charge in [-0.05, 0) is 72.9 Å². The van der Waals surface area contributed by atoms with Crippen molar-refractivity contribution in [1.82, 2.24) is 15.5 Å². The van der Waals surface area contributed by atoms with Gasteiger partial charge in [0, 0.05) is 39.4 Å². The highest BCUT2D eigenvalue weighted by Gasteiger charge is 2.64. The van der Waals surface area contributed by atoms with E-state index in [9.17, 15) is 23.8 Å². The van der Waals surface area contributed by atoms with Crippen LogP contribution in [0.4, 0.5) is 0 Å². The zero-order chi connectivity index (χ0) is 30.2. The molecule has 2 heterocycles. The maximum atomic E-state index is 13.2. The molecule has 5 rings (SSSR count). The van der Waals surface area contributed by atoms with Crippen LogP contribution in [0.3, 0.4) is 0 Å². The first-order valence-corrected chi connectivity index (χ1v) is 16.3. The minimum atomic E-state index is -3.35. The molecule has 1 saturated heterocycles. The van der Waals surface area contributed by atoms with Crippen molar-refractivity contribution < 1.29 is 28.6 Å². The van der Waals surface area contributed by atoms with Gasteiger partial charge in [0.05, 0.1) is 13.1 Å². The summed E-state index contributed by atoms with van der Waals surface area (Å²) in [6.07, 6.45) is 1.39. The molecule has 1 aromatic heterocycles. The number of nitrogens with two attached hydrogens (primary N) is 1. The number of piperidine rings is 1. The van der Waals surface area contributed by atoms with Crippen LogP contribution in [0.25, 0.3) is 0 Å². The number of hydrogen-bond acceptors (Lipinski definition) is 7. The van der Waals surface area contributed by atoms with Crippen molar-refractivity contribution in [2.75, 3.05) is 13.2 Å².